The van der Waals surface area contributed by atoms with Crippen LogP contribution in [0.3, 0.4) is 0 Å². The summed E-state index contributed by atoms with van der Waals surface area (Å²) in [5.41, 5.74) is 2.46. The molecule has 1 aliphatic heterocycles. The zero-order chi connectivity index (χ0) is 22.1. The van der Waals surface area contributed by atoms with E-state index >= 15 is 0 Å². The first-order valence-electron chi connectivity index (χ1n) is 10.7. The molecule has 1 fully saturated rings. The third kappa shape index (κ3) is 3.92. The minimum absolute atomic E-state index is 0.0274. The van der Waals surface area contributed by atoms with Crippen molar-refractivity contribution in [3.8, 4) is 11.7 Å². The van der Waals surface area contributed by atoms with Crippen LogP contribution < -0.4 is 0 Å². The minimum Gasteiger partial charge on any atom is -0.339 e. The number of nitrogens with zero attached hydrogens (tertiary/aromatic N) is 5. The van der Waals surface area contributed by atoms with Gasteiger partial charge in [0.25, 0.3) is 12.6 Å². The van der Waals surface area contributed by atoms with Gasteiger partial charge >= 0.3 is 0 Å². The van der Waals surface area contributed by atoms with Crippen LogP contribution in [0.5, 0.6) is 0 Å². The van der Waals surface area contributed by atoms with Gasteiger partial charge in [-0.15, -0.1) is 0 Å². The average molecular weight is 417 g/mol. The van der Waals surface area contributed by atoms with Crippen LogP contribution in [0.2, 0.25) is 12.6 Å². The molecule has 1 aliphatic rings. The summed E-state index contributed by atoms with van der Waals surface area (Å²) in [4.78, 5) is 19.0. The summed E-state index contributed by atoms with van der Waals surface area (Å²) < 4.78 is 15.8. The Hall–Kier alpha value is -3.21. The maximum absolute atomic E-state index is 14.1. The Kier molecular flexibility index (Phi) is 5.77. The largest absolute Gasteiger partial charge is 0.339 e. The van der Waals surface area contributed by atoms with E-state index < -0.39 is 5.82 Å². The second kappa shape index (κ2) is 8.50. The molecule has 0 bridgehead atoms. The van der Waals surface area contributed by atoms with Gasteiger partial charge in [0.1, 0.15) is 5.82 Å². The molecule has 0 N–H and O–H groups in total. The molecule has 0 aliphatic carbocycles. The number of hydrogen-bond donors (Lipinski definition) is 0. The topological polar surface area (TPSA) is 74.8 Å². The van der Waals surface area contributed by atoms with Crippen molar-refractivity contribution in [2.75, 3.05) is 7.05 Å². The van der Waals surface area contributed by atoms with Crippen LogP contribution in [0.1, 0.15) is 48.7 Å². The molecule has 1 saturated heterocycles. The zero-order valence-electron chi connectivity index (χ0n) is 18.0. The Morgan fingerprint density at radius 3 is 2.94 bits per heavy atom. The molecule has 4 rings (SSSR count). The fourth-order valence-electron chi connectivity index (χ4n) is 4.32. The van der Waals surface area contributed by atoms with E-state index in [-0.39, 0.29) is 30.1 Å². The lowest BCUT2D eigenvalue weighted by atomic mass is 9.40. The van der Waals surface area contributed by atoms with Crippen molar-refractivity contribution < 1.29 is 9.18 Å². The van der Waals surface area contributed by atoms with Gasteiger partial charge in [0, 0.05) is 30.6 Å². The lowest BCUT2D eigenvalue weighted by Gasteiger charge is -2.23. The number of pyridine rings is 1. The van der Waals surface area contributed by atoms with E-state index in [1.807, 2.05) is 19.9 Å². The number of carbonyl (C=O) groups excluding carboxylic acids is 1. The maximum Gasteiger partial charge on any atom is 0.268 e. The Morgan fingerprint density at radius 1 is 1.39 bits per heavy atom. The van der Waals surface area contributed by atoms with Crippen LogP contribution in [-0.2, 0) is 0 Å². The van der Waals surface area contributed by atoms with Crippen LogP contribution in [0.15, 0.2) is 36.7 Å². The van der Waals surface area contributed by atoms with Crippen molar-refractivity contribution in [3.63, 3.8) is 0 Å². The first-order valence-corrected chi connectivity index (χ1v) is 10.7. The number of halogens is 1. The summed E-state index contributed by atoms with van der Waals surface area (Å²) in [6.07, 6.45) is 7.10. The second-order valence-corrected chi connectivity index (χ2v) is 8.55. The summed E-state index contributed by atoms with van der Waals surface area (Å²) in [7, 11) is 1.71. The summed E-state index contributed by atoms with van der Waals surface area (Å²) in [5, 5.41) is 15.3. The number of carbonyl (C=O) groups is 1. The molecule has 1 atom stereocenters. The number of benzene rings is 1. The molecule has 158 valence electrons. The molecule has 1 unspecified atom stereocenters. The molecule has 8 heteroatoms. The van der Waals surface area contributed by atoms with Crippen LogP contribution in [-0.4, -0.2) is 45.4 Å². The van der Waals surface area contributed by atoms with E-state index in [1.165, 1.54) is 12.1 Å². The number of aromatic nitrogens is 3. The van der Waals surface area contributed by atoms with Crippen molar-refractivity contribution in [1.82, 2.24) is 19.7 Å². The van der Waals surface area contributed by atoms with Gasteiger partial charge in [-0.25, -0.2) is 14.3 Å². The first kappa shape index (κ1) is 21.0. The second-order valence-electron chi connectivity index (χ2n) is 8.55. The van der Waals surface area contributed by atoms with Crippen LogP contribution in [0.4, 0.5) is 4.39 Å². The molecular weight excluding hydrogens is 392 g/mol. The molecule has 0 radical (unpaired) electrons. The normalized spacial score (nSPS) is 16.5. The van der Waals surface area contributed by atoms with E-state index in [4.69, 9.17) is 5.10 Å². The number of fused-ring (bicyclic) bond motifs is 1. The maximum atomic E-state index is 14.1. The van der Waals surface area contributed by atoms with Crippen molar-refractivity contribution in [2.24, 2.45) is 0 Å². The lowest BCUT2D eigenvalue weighted by Crippen LogP contribution is -2.33. The van der Waals surface area contributed by atoms with Crippen LogP contribution in [0.25, 0.3) is 16.6 Å². The van der Waals surface area contributed by atoms with Gasteiger partial charge < -0.3 is 4.90 Å². The predicted octanol–water partition coefficient (Wildman–Crippen LogP) is 4.47. The van der Waals surface area contributed by atoms with Gasteiger partial charge in [0.2, 0.25) is 0 Å². The van der Waals surface area contributed by atoms with E-state index in [2.05, 4.69) is 11.0 Å². The van der Waals surface area contributed by atoms with E-state index in [0.29, 0.717) is 5.69 Å². The van der Waals surface area contributed by atoms with Crippen LogP contribution in [0, 0.1) is 17.0 Å². The lowest BCUT2D eigenvalue weighted by molar-refractivity contribution is 0.0754. The van der Waals surface area contributed by atoms with Crippen molar-refractivity contribution in [1.29, 1.82) is 5.26 Å². The molecule has 2 aromatic heterocycles. The third-order valence-electron chi connectivity index (χ3n) is 6.27. The Labute approximate surface area is 181 Å². The quantitative estimate of drug-likeness (QED) is 0.587. The highest BCUT2D eigenvalue weighted by atomic mass is 19.1. The van der Waals surface area contributed by atoms with Gasteiger partial charge in [-0.05, 0) is 50.5 Å². The fourth-order valence-corrected chi connectivity index (χ4v) is 4.32. The summed E-state index contributed by atoms with van der Waals surface area (Å²) in [6.45, 7) is 3.86. The average Bonchev–Trinajstić information content (AvgIpc) is 3.17. The predicted molar refractivity (Wildman–Crippen MR) is 119 cm³/mol. The molecule has 0 saturated carbocycles. The van der Waals surface area contributed by atoms with Gasteiger partial charge in [-0.3, -0.25) is 9.78 Å². The zero-order valence-corrected chi connectivity index (χ0v) is 18.0. The van der Waals surface area contributed by atoms with Gasteiger partial charge in [0.05, 0.1) is 28.7 Å². The molecule has 31 heavy (non-hydrogen) atoms. The smallest absolute Gasteiger partial charge is 0.268 e. The van der Waals surface area contributed by atoms with E-state index in [9.17, 15) is 14.4 Å². The third-order valence-corrected chi connectivity index (χ3v) is 6.27. The first-order chi connectivity index (χ1) is 14.9. The minimum atomic E-state index is -0.469. The SMILES string of the molecule is CC(C)N(C)C(=O)c1cc(F)ccc1-n1nc(C2CCCB(C#N)C2)c2ccncc21. The van der Waals surface area contributed by atoms with E-state index in [1.54, 1.807) is 35.1 Å². The Balaban J connectivity index is 1.87. The molecular formula is C23H25BFN5O. The molecule has 1 amide bonds. The standard InChI is InChI=1S/C23H25BFN5O/c1-15(2)29(3)23(31)19-11-17(25)6-7-20(19)30-21-13-27-10-8-18(21)22(28-30)16-5-4-9-24(12-16)14-26/h6-8,10-11,13,15-16H,4-5,9,12H2,1-3H3. The Bertz CT molecular complexity index is 1170. The molecule has 3 heterocycles. The summed E-state index contributed by atoms with van der Waals surface area (Å²) in [5.74, 6) is 1.84. The fraction of sp³-hybridized carbons (Fsp3) is 0.391. The molecule has 0 spiro atoms. The number of amides is 1. The Morgan fingerprint density at radius 2 is 2.19 bits per heavy atom. The number of rotatable bonds is 4. The molecule has 6 nitrogen and oxygen atoms in total. The van der Waals surface area contributed by atoms with Crippen molar-refractivity contribution >= 4 is 23.5 Å². The van der Waals surface area contributed by atoms with E-state index in [0.717, 1.165) is 42.1 Å². The van der Waals surface area contributed by atoms with Gasteiger partial charge in [-0.1, -0.05) is 19.1 Å². The number of hydrogen-bond acceptors (Lipinski definition) is 4. The van der Waals surface area contributed by atoms with Gasteiger partial charge in [-0.2, -0.15) is 5.10 Å². The summed E-state index contributed by atoms with van der Waals surface area (Å²) >= 11 is 0. The van der Waals surface area contributed by atoms with Gasteiger partial charge in [0.15, 0.2) is 0 Å². The van der Waals surface area contributed by atoms with Crippen molar-refractivity contribution in [3.05, 3.63) is 53.7 Å². The van der Waals surface area contributed by atoms with Crippen molar-refractivity contribution in [2.45, 2.75) is 51.3 Å². The number of nitriles is 1. The molecule has 3 aromatic rings. The highest BCUT2D eigenvalue weighted by Crippen LogP contribution is 2.37. The highest BCUT2D eigenvalue weighted by molar-refractivity contribution is 6.67. The molecule has 1 aromatic carbocycles. The highest BCUT2D eigenvalue weighted by Gasteiger charge is 2.30. The summed E-state index contributed by atoms with van der Waals surface area (Å²) in [6, 6.07) is 6.11. The van der Waals surface area contributed by atoms with Crippen LogP contribution >= 0.6 is 0 Å². The monoisotopic (exact) mass is 417 g/mol.